The van der Waals surface area contributed by atoms with E-state index in [0.29, 0.717) is 18.8 Å². The summed E-state index contributed by atoms with van der Waals surface area (Å²) >= 11 is 0. The van der Waals surface area contributed by atoms with E-state index < -0.39 is 5.91 Å². The number of aromatic nitrogens is 3. The van der Waals surface area contributed by atoms with Gasteiger partial charge in [-0.05, 0) is 38.3 Å². The van der Waals surface area contributed by atoms with Crippen LogP contribution in [-0.2, 0) is 6.54 Å². The minimum atomic E-state index is -0.540. The van der Waals surface area contributed by atoms with Gasteiger partial charge in [-0.2, -0.15) is 0 Å². The van der Waals surface area contributed by atoms with Crippen molar-refractivity contribution in [1.82, 2.24) is 15.0 Å². The number of primary amides is 1. The Hall–Kier alpha value is -2.37. The van der Waals surface area contributed by atoms with E-state index in [1.54, 1.807) is 11.6 Å². The van der Waals surface area contributed by atoms with E-state index in [-0.39, 0.29) is 5.69 Å². The molecule has 1 aromatic carbocycles. The quantitative estimate of drug-likeness (QED) is 0.788. The van der Waals surface area contributed by atoms with Crippen molar-refractivity contribution in [3.63, 3.8) is 0 Å². The first-order chi connectivity index (χ1) is 10.1. The maximum atomic E-state index is 11.1. The van der Waals surface area contributed by atoms with Crippen LogP contribution in [0.1, 0.15) is 34.6 Å². The molecule has 1 amide bonds. The van der Waals surface area contributed by atoms with Crippen molar-refractivity contribution < 1.29 is 9.53 Å². The van der Waals surface area contributed by atoms with Crippen LogP contribution < -0.4 is 10.5 Å². The predicted octanol–water partition coefficient (Wildman–Crippen LogP) is 1.85. The average molecular weight is 288 g/mol. The van der Waals surface area contributed by atoms with Gasteiger partial charge in [0.25, 0.3) is 5.91 Å². The third kappa shape index (κ3) is 3.81. The van der Waals surface area contributed by atoms with Crippen LogP contribution in [0.25, 0.3) is 0 Å². The zero-order valence-electron chi connectivity index (χ0n) is 12.4. The Morgan fingerprint density at radius 3 is 2.71 bits per heavy atom. The maximum absolute atomic E-state index is 11.1. The smallest absolute Gasteiger partial charge is 0.271 e. The molecule has 112 valence electrons. The summed E-state index contributed by atoms with van der Waals surface area (Å²) in [6, 6.07) is 7.95. The molecule has 0 unspecified atom stereocenters. The topological polar surface area (TPSA) is 83.0 Å². The van der Waals surface area contributed by atoms with Crippen molar-refractivity contribution in [2.24, 2.45) is 5.73 Å². The highest BCUT2D eigenvalue weighted by atomic mass is 16.5. The number of unbranched alkanes of at least 4 members (excludes halogenated alkanes) is 1. The van der Waals surface area contributed by atoms with E-state index in [1.165, 1.54) is 0 Å². The number of nitrogens with two attached hydrogens (primary N) is 1. The summed E-state index contributed by atoms with van der Waals surface area (Å²) in [5.41, 5.74) is 7.30. The van der Waals surface area contributed by atoms with Crippen molar-refractivity contribution in [2.45, 2.75) is 33.2 Å². The molecule has 2 N–H and O–H groups in total. The first-order valence-electron chi connectivity index (χ1n) is 6.98. The van der Waals surface area contributed by atoms with Crippen LogP contribution in [0.4, 0.5) is 0 Å². The Balaban J connectivity index is 1.75. The molecule has 21 heavy (non-hydrogen) atoms. The van der Waals surface area contributed by atoms with Crippen molar-refractivity contribution in [3.8, 4) is 5.75 Å². The molecule has 2 aromatic rings. The Bertz CT molecular complexity index is 622. The second-order valence-electron chi connectivity index (χ2n) is 4.93. The van der Waals surface area contributed by atoms with E-state index in [4.69, 9.17) is 10.5 Å². The highest BCUT2D eigenvalue weighted by Crippen LogP contribution is 2.16. The van der Waals surface area contributed by atoms with Gasteiger partial charge in [0.15, 0.2) is 5.69 Å². The Morgan fingerprint density at radius 2 is 2.05 bits per heavy atom. The Kier molecular flexibility index (Phi) is 4.92. The van der Waals surface area contributed by atoms with Crippen LogP contribution >= 0.6 is 0 Å². The number of aryl methyl sites for hydroxylation is 2. The molecule has 0 aliphatic heterocycles. The number of benzene rings is 1. The molecule has 1 aromatic heterocycles. The van der Waals surface area contributed by atoms with Gasteiger partial charge >= 0.3 is 0 Å². The maximum Gasteiger partial charge on any atom is 0.271 e. The van der Waals surface area contributed by atoms with Gasteiger partial charge in [-0.3, -0.25) is 4.79 Å². The van der Waals surface area contributed by atoms with E-state index in [0.717, 1.165) is 24.2 Å². The predicted molar refractivity (Wildman–Crippen MR) is 79.2 cm³/mol. The monoisotopic (exact) mass is 288 g/mol. The molecular formula is C15H20N4O2. The van der Waals surface area contributed by atoms with Gasteiger partial charge in [0.1, 0.15) is 5.75 Å². The second kappa shape index (κ2) is 6.88. The van der Waals surface area contributed by atoms with Crippen LogP contribution in [-0.4, -0.2) is 27.5 Å². The summed E-state index contributed by atoms with van der Waals surface area (Å²) in [5.74, 6) is 0.382. The van der Waals surface area contributed by atoms with Gasteiger partial charge in [0.05, 0.1) is 12.3 Å². The standard InChI is InChI=1S/C15H20N4O2/c1-11-7-3-4-8-13(11)21-10-6-5-9-19-12(2)14(15(16)20)17-18-19/h3-4,7-8H,5-6,9-10H2,1-2H3,(H2,16,20). The molecule has 0 aliphatic rings. The van der Waals surface area contributed by atoms with Gasteiger partial charge in [-0.1, -0.05) is 23.4 Å². The number of para-hydroxylation sites is 1. The zero-order valence-corrected chi connectivity index (χ0v) is 12.4. The van der Waals surface area contributed by atoms with Crippen LogP contribution in [0.5, 0.6) is 5.75 Å². The van der Waals surface area contributed by atoms with Gasteiger partial charge in [-0.15, -0.1) is 5.10 Å². The largest absolute Gasteiger partial charge is 0.493 e. The fourth-order valence-electron chi connectivity index (χ4n) is 2.06. The molecule has 1 heterocycles. The second-order valence-corrected chi connectivity index (χ2v) is 4.93. The Labute approximate surface area is 123 Å². The lowest BCUT2D eigenvalue weighted by Crippen LogP contribution is -2.13. The molecule has 0 saturated carbocycles. The highest BCUT2D eigenvalue weighted by Gasteiger charge is 2.12. The van der Waals surface area contributed by atoms with Crippen LogP contribution in [0, 0.1) is 13.8 Å². The number of hydrogen-bond donors (Lipinski definition) is 1. The number of amides is 1. The molecule has 0 radical (unpaired) electrons. The van der Waals surface area contributed by atoms with Crippen molar-refractivity contribution >= 4 is 5.91 Å². The fourth-order valence-corrected chi connectivity index (χ4v) is 2.06. The van der Waals surface area contributed by atoms with Crippen molar-refractivity contribution in [1.29, 1.82) is 0 Å². The summed E-state index contributed by atoms with van der Waals surface area (Å²) in [5, 5.41) is 7.71. The molecule has 0 spiro atoms. The summed E-state index contributed by atoms with van der Waals surface area (Å²) in [4.78, 5) is 11.1. The first kappa shape index (κ1) is 15.0. The molecule has 6 heteroatoms. The minimum absolute atomic E-state index is 0.242. The van der Waals surface area contributed by atoms with Gasteiger partial charge in [0, 0.05) is 6.54 Å². The molecule has 6 nitrogen and oxygen atoms in total. The van der Waals surface area contributed by atoms with Crippen molar-refractivity contribution in [2.75, 3.05) is 6.61 Å². The lowest BCUT2D eigenvalue weighted by Gasteiger charge is -2.08. The third-order valence-corrected chi connectivity index (χ3v) is 3.33. The van der Waals surface area contributed by atoms with Crippen LogP contribution in [0.3, 0.4) is 0 Å². The van der Waals surface area contributed by atoms with E-state index >= 15 is 0 Å². The molecular weight excluding hydrogens is 268 g/mol. The van der Waals surface area contributed by atoms with Gasteiger partial charge in [0.2, 0.25) is 0 Å². The van der Waals surface area contributed by atoms with E-state index in [1.807, 2.05) is 31.2 Å². The molecule has 0 saturated heterocycles. The number of rotatable bonds is 7. The van der Waals surface area contributed by atoms with Crippen LogP contribution in [0.2, 0.25) is 0 Å². The molecule has 0 atom stereocenters. The highest BCUT2D eigenvalue weighted by molar-refractivity contribution is 5.91. The average Bonchev–Trinajstić information content (AvgIpc) is 2.82. The summed E-state index contributed by atoms with van der Waals surface area (Å²) in [6.07, 6.45) is 1.80. The number of ether oxygens (including phenoxy) is 1. The number of nitrogens with zero attached hydrogens (tertiary/aromatic N) is 3. The number of hydrogen-bond acceptors (Lipinski definition) is 4. The Morgan fingerprint density at radius 1 is 1.29 bits per heavy atom. The van der Waals surface area contributed by atoms with E-state index in [2.05, 4.69) is 10.3 Å². The summed E-state index contributed by atoms with van der Waals surface area (Å²) in [7, 11) is 0. The number of carbonyl (C=O) groups excluding carboxylic acids is 1. The van der Waals surface area contributed by atoms with Crippen molar-refractivity contribution in [3.05, 3.63) is 41.2 Å². The number of carbonyl (C=O) groups is 1. The summed E-state index contributed by atoms with van der Waals surface area (Å²) in [6.45, 7) is 5.17. The zero-order chi connectivity index (χ0) is 15.2. The first-order valence-corrected chi connectivity index (χ1v) is 6.98. The van der Waals surface area contributed by atoms with E-state index in [9.17, 15) is 4.79 Å². The van der Waals surface area contributed by atoms with Crippen LogP contribution in [0.15, 0.2) is 24.3 Å². The molecule has 0 bridgehead atoms. The molecule has 0 fully saturated rings. The minimum Gasteiger partial charge on any atom is -0.493 e. The third-order valence-electron chi connectivity index (χ3n) is 3.33. The SMILES string of the molecule is Cc1ccccc1OCCCCn1nnc(C(N)=O)c1C. The molecule has 2 rings (SSSR count). The van der Waals surface area contributed by atoms with Gasteiger partial charge < -0.3 is 10.5 Å². The lowest BCUT2D eigenvalue weighted by atomic mass is 10.2. The normalized spacial score (nSPS) is 10.6. The molecule has 0 aliphatic carbocycles. The summed E-state index contributed by atoms with van der Waals surface area (Å²) < 4.78 is 7.43. The lowest BCUT2D eigenvalue weighted by molar-refractivity contribution is 0.0995. The fraction of sp³-hybridized carbons (Fsp3) is 0.400. The van der Waals surface area contributed by atoms with Gasteiger partial charge in [-0.25, -0.2) is 4.68 Å².